The van der Waals surface area contributed by atoms with E-state index in [4.69, 9.17) is 0 Å². The van der Waals surface area contributed by atoms with Crippen molar-refractivity contribution in [3.8, 4) is 0 Å². The van der Waals surface area contributed by atoms with Crippen molar-refractivity contribution in [2.24, 2.45) is 0 Å². The molecule has 1 amide bonds. The average Bonchev–Trinajstić information content (AvgIpc) is 2.48. The van der Waals surface area contributed by atoms with Crippen LogP contribution in [-0.2, 0) is 12.8 Å². The van der Waals surface area contributed by atoms with Gasteiger partial charge < -0.3 is 10.0 Å². The topological polar surface area (TPSA) is 40.5 Å². The lowest BCUT2D eigenvalue weighted by atomic mass is 9.89. The number of carbonyl (C=O) groups is 1. The number of hydrogen-bond donors (Lipinski definition) is 1. The van der Waals surface area contributed by atoms with E-state index in [0.717, 1.165) is 18.4 Å². The number of fused-ring (bicyclic) bond motifs is 1. The Kier molecular flexibility index (Phi) is 4.86. The van der Waals surface area contributed by atoms with Crippen molar-refractivity contribution in [1.29, 1.82) is 0 Å². The molecule has 1 aliphatic rings. The van der Waals surface area contributed by atoms with Gasteiger partial charge in [0.05, 0.1) is 6.04 Å². The fourth-order valence-electron chi connectivity index (χ4n) is 2.94. The standard InChI is InChI=1S/C17H17NO2.ClH/c19-17(20)18-11-10-14-8-4-5-9-15(14)16(18)12-13-6-2-1-3-7-13;/h1-9,16H,10-12H2,(H,19,20);1H. The van der Waals surface area contributed by atoms with Crippen LogP contribution >= 0.6 is 12.4 Å². The number of carboxylic acid groups (broad SMARTS) is 1. The van der Waals surface area contributed by atoms with Gasteiger partial charge in [-0.3, -0.25) is 0 Å². The lowest BCUT2D eigenvalue weighted by Gasteiger charge is -2.35. The van der Waals surface area contributed by atoms with E-state index in [1.807, 2.05) is 30.3 Å². The van der Waals surface area contributed by atoms with Crippen LogP contribution < -0.4 is 0 Å². The number of halogens is 1. The zero-order chi connectivity index (χ0) is 13.9. The zero-order valence-corrected chi connectivity index (χ0v) is 12.4. The summed E-state index contributed by atoms with van der Waals surface area (Å²) in [5.41, 5.74) is 3.58. The average molecular weight is 304 g/mol. The van der Waals surface area contributed by atoms with Crippen LogP contribution in [0.3, 0.4) is 0 Å². The van der Waals surface area contributed by atoms with E-state index in [2.05, 4.69) is 24.3 Å². The lowest BCUT2D eigenvalue weighted by molar-refractivity contribution is 0.119. The Bertz CT molecular complexity index is 615. The van der Waals surface area contributed by atoms with Crippen LogP contribution in [0.15, 0.2) is 54.6 Å². The molecule has 0 fully saturated rings. The minimum Gasteiger partial charge on any atom is -0.465 e. The Balaban J connectivity index is 0.00000161. The number of hydrogen-bond acceptors (Lipinski definition) is 1. The van der Waals surface area contributed by atoms with Crippen molar-refractivity contribution >= 4 is 18.5 Å². The second kappa shape index (κ2) is 6.64. The molecule has 1 aliphatic heterocycles. The Morgan fingerprint density at radius 3 is 2.48 bits per heavy atom. The second-order valence-electron chi connectivity index (χ2n) is 5.13. The van der Waals surface area contributed by atoms with Gasteiger partial charge in [0.1, 0.15) is 0 Å². The van der Waals surface area contributed by atoms with Crippen molar-refractivity contribution in [3.05, 3.63) is 71.3 Å². The third kappa shape index (κ3) is 3.19. The smallest absolute Gasteiger partial charge is 0.407 e. The Labute approximate surface area is 130 Å². The quantitative estimate of drug-likeness (QED) is 0.913. The Morgan fingerprint density at radius 1 is 1.10 bits per heavy atom. The number of benzene rings is 2. The molecule has 3 nitrogen and oxygen atoms in total. The predicted octanol–water partition coefficient (Wildman–Crippen LogP) is 3.93. The fourth-order valence-corrected chi connectivity index (χ4v) is 2.94. The monoisotopic (exact) mass is 303 g/mol. The first-order chi connectivity index (χ1) is 9.75. The van der Waals surface area contributed by atoms with Gasteiger partial charge in [-0.2, -0.15) is 0 Å². The second-order valence-corrected chi connectivity index (χ2v) is 5.13. The fraction of sp³-hybridized carbons (Fsp3) is 0.235. The number of rotatable bonds is 2. The first kappa shape index (κ1) is 15.4. The first-order valence-corrected chi connectivity index (χ1v) is 6.87. The molecule has 21 heavy (non-hydrogen) atoms. The summed E-state index contributed by atoms with van der Waals surface area (Å²) in [5.74, 6) is 0. The minimum atomic E-state index is -0.833. The van der Waals surface area contributed by atoms with E-state index >= 15 is 0 Å². The van der Waals surface area contributed by atoms with Crippen LogP contribution in [0.5, 0.6) is 0 Å². The summed E-state index contributed by atoms with van der Waals surface area (Å²) in [7, 11) is 0. The van der Waals surface area contributed by atoms with Crippen molar-refractivity contribution in [2.45, 2.75) is 18.9 Å². The molecule has 0 spiro atoms. The van der Waals surface area contributed by atoms with Crippen LogP contribution in [0.4, 0.5) is 4.79 Å². The first-order valence-electron chi connectivity index (χ1n) is 6.87. The molecule has 1 unspecified atom stereocenters. The third-order valence-corrected chi connectivity index (χ3v) is 3.93. The summed E-state index contributed by atoms with van der Waals surface area (Å²) in [6.07, 6.45) is 0.693. The molecule has 110 valence electrons. The Hall–Kier alpha value is -2.00. The van der Waals surface area contributed by atoms with Gasteiger partial charge in [-0.25, -0.2) is 4.79 Å². The molecule has 0 saturated carbocycles. The third-order valence-electron chi connectivity index (χ3n) is 3.93. The zero-order valence-electron chi connectivity index (χ0n) is 11.6. The predicted molar refractivity (Wildman–Crippen MR) is 85.0 cm³/mol. The van der Waals surface area contributed by atoms with E-state index in [0.29, 0.717) is 6.54 Å². The summed E-state index contributed by atoms with van der Waals surface area (Å²) < 4.78 is 0. The molecule has 0 saturated heterocycles. The molecule has 1 atom stereocenters. The minimum absolute atomic E-state index is 0. The molecule has 2 aromatic rings. The molecule has 0 radical (unpaired) electrons. The van der Waals surface area contributed by atoms with E-state index in [-0.39, 0.29) is 18.4 Å². The van der Waals surface area contributed by atoms with Crippen LogP contribution in [0.2, 0.25) is 0 Å². The summed E-state index contributed by atoms with van der Waals surface area (Å²) in [4.78, 5) is 13.1. The highest BCUT2D eigenvalue weighted by atomic mass is 35.5. The maximum absolute atomic E-state index is 11.5. The summed E-state index contributed by atoms with van der Waals surface area (Å²) in [6, 6.07) is 18.2. The van der Waals surface area contributed by atoms with Gasteiger partial charge >= 0.3 is 6.09 Å². The van der Waals surface area contributed by atoms with E-state index in [9.17, 15) is 9.90 Å². The molecule has 1 N–H and O–H groups in total. The maximum atomic E-state index is 11.5. The molecule has 4 heteroatoms. The van der Waals surface area contributed by atoms with Crippen LogP contribution in [0, 0.1) is 0 Å². The van der Waals surface area contributed by atoms with Gasteiger partial charge in [0, 0.05) is 6.54 Å². The van der Waals surface area contributed by atoms with Gasteiger partial charge in [0.2, 0.25) is 0 Å². The van der Waals surface area contributed by atoms with Crippen molar-refractivity contribution in [2.75, 3.05) is 6.54 Å². The van der Waals surface area contributed by atoms with Gasteiger partial charge in [0.25, 0.3) is 0 Å². The van der Waals surface area contributed by atoms with Gasteiger partial charge in [-0.05, 0) is 29.5 Å². The number of nitrogens with zero attached hydrogens (tertiary/aromatic N) is 1. The highest BCUT2D eigenvalue weighted by Crippen LogP contribution is 2.32. The van der Waals surface area contributed by atoms with Crippen molar-refractivity contribution < 1.29 is 9.90 Å². The highest BCUT2D eigenvalue weighted by Gasteiger charge is 2.30. The summed E-state index contributed by atoms with van der Waals surface area (Å²) >= 11 is 0. The summed E-state index contributed by atoms with van der Waals surface area (Å²) in [6.45, 7) is 0.573. The highest BCUT2D eigenvalue weighted by molar-refractivity contribution is 5.85. The molecule has 0 bridgehead atoms. The van der Waals surface area contributed by atoms with E-state index in [1.54, 1.807) is 4.90 Å². The molecule has 3 rings (SSSR count). The molecular weight excluding hydrogens is 286 g/mol. The van der Waals surface area contributed by atoms with Gasteiger partial charge in [-0.15, -0.1) is 12.4 Å². The van der Waals surface area contributed by atoms with Crippen molar-refractivity contribution in [3.63, 3.8) is 0 Å². The molecule has 1 heterocycles. The lowest BCUT2D eigenvalue weighted by Crippen LogP contribution is -2.40. The van der Waals surface area contributed by atoms with Gasteiger partial charge in [-0.1, -0.05) is 54.6 Å². The molecular formula is C17H18ClNO2. The van der Waals surface area contributed by atoms with Crippen LogP contribution in [0.1, 0.15) is 22.7 Å². The van der Waals surface area contributed by atoms with Gasteiger partial charge in [0.15, 0.2) is 0 Å². The normalized spacial score (nSPS) is 16.8. The number of amides is 1. The Morgan fingerprint density at radius 2 is 1.76 bits per heavy atom. The van der Waals surface area contributed by atoms with E-state index < -0.39 is 6.09 Å². The van der Waals surface area contributed by atoms with Crippen LogP contribution in [0.25, 0.3) is 0 Å². The SMILES string of the molecule is Cl.O=C(O)N1CCc2ccccc2C1Cc1ccccc1. The van der Waals surface area contributed by atoms with Crippen LogP contribution in [-0.4, -0.2) is 22.6 Å². The molecule has 0 aromatic heterocycles. The van der Waals surface area contributed by atoms with Crippen molar-refractivity contribution in [1.82, 2.24) is 4.90 Å². The van der Waals surface area contributed by atoms with E-state index in [1.165, 1.54) is 11.1 Å². The summed E-state index contributed by atoms with van der Waals surface area (Å²) in [5, 5.41) is 9.44. The largest absolute Gasteiger partial charge is 0.465 e. The molecule has 2 aromatic carbocycles. The maximum Gasteiger partial charge on any atom is 0.407 e. The molecule has 0 aliphatic carbocycles.